The quantitative estimate of drug-likeness (QED) is 0.550. The molecule has 2 heterocycles. The number of cyclic esters (lactones) is 1. The number of hydrogen-bond donors (Lipinski definition) is 0. The largest absolute Gasteiger partial charge is 0.493 e. The highest BCUT2D eigenvalue weighted by atomic mass is 16.6. The molecule has 178 valence electrons. The van der Waals surface area contributed by atoms with Gasteiger partial charge in [0.1, 0.15) is 6.10 Å². The zero-order valence-electron chi connectivity index (χ0n) is 19.5. The van der Waals surface area contributed by atoms with Gasteiger partial charge >= 0.3 is 5.97 Å². The highest BCUT2D eigenvalue weighted by Gasteiger charge is 2.54. The molecule has 0 aromatic heterocycles. The van der Waals surface area contributed by atoms with Gasteiger partial charge in [-0.15, -0.1) is 0 Å². The molecule has 0 bridgehead atoms. The first kappa shape index (κ1) is 22.8. The Kier molecular flexibility index (Phi) is 6.42. The molecule has 2 aliphatic rings. The van der Waals surface area contributed by atoms with E-state index < -0.39 is 18.1 Å². The van der Waals surface area contributed by atoms with Crippen LogP contribution < -0.4 is 28.4 Å². The number of methoxy groups -OCH3 is 6. The zero-order chi connectivity index (χ0) is 23.7. The molecule has 2 aliphatic heterocycles. The average Bonchev–Trinajstić information content (AvgIpc) is 3.43. The molecule has 0 N–H and O–H groups in total. The average molecular weight is 460 g/mol. The van der Waals surface area contributed by atoms with Gasteiger partial charge in [-0.05, 0) is 29.8 Å². The predicted molar refractivity (Wildman–Crippen MR) is 117 cm³/mol. The van der Waals surface area contributed by atoms with Gasteiger partial charge in [-0.1, -0.05) is 0 Å². The Morgan fingerprint density at radius 2 is 1.09 bits per heavy atom. The second-order valence-electron chi connectivity index (χ2n) is 7.72. The lowest BCUT2D eigenvalue weighted by Gasteiger charge is -2.19. The smallest absolute Gasteiger partial charge is 0.313 e. The first-order chi connectivity index (χ1) is 16.0. The maximum atomic E-state index is 13.0. The van der Waals surface area contributed by atoms with Crippen LogP contribution in [-0.2, 0) is 14.3 Å². The number of carbonyl (C=O) groups excluding carboxylic acids is 1. The highest BCUT2D eigenvalue weighted by molar-refractivity contribution is 5.77. The molecule has 2 aromatic carbocycles. The summed E-state index contributed by atoms with van der Waals surface area (Å²) < 4.78 is 44.6. The lowest BCUT2D eigenvalue weighted by Crippen LogP contribution is -2.18. The fraction of sp³-hybridized carbons (Fsp3) is 0.458. The predicted octanol–water partition coefficient (Wildman–Crippen LogP) is 3.34. The third kappa shape index (κ3) is 3.76. The number of ether oxygens (including phenoxy) is 8. The Hall–Kier alpha value is -3.33. The minimum Gasteiger partial charge on any atom is -0.493 e. The van der Waals surface area contributed by atoms with Gasteiger partial charge < -0.3 is 37.9 Å². The van der Waals surface area contributed by atoms with Gasteiger partial charge in [-0.25, -0.2) is 0 Å². The normalized spacial score (nSPS) is 23.5. The molecule has 0 spiro atoms. The number of rotatable bonds is 8. The summed E-state index contributed by atoms with van der Waals surface area (Å²) in [5.41, 5.74) is 1.50. The van der Waals surface area contributed by atoms with Gasteiger partial charge in [0.05, 0.1) is 61.3 Å². The van der Waals surface area contributed by atoms with E-state index >= 15 is 0 Å². The Balaban J connectivity index is 1.69. The minimum absolute atomic E-state index is 0.190. The van der Waals surface area contributed by atoms with Crippen LogP contribution in [0, 0.1) is 11.8 Å². The molecule has 0 aliphatic carbocycles. The monoisotopic (exact) mass is 460 g/mol. The van der Waals surface area contributed by atoms with Gasteiger partial charge in [-0.2, -0.15) is 0 Å². The van der Waals surface area contributed by atoms with Crippen LogP contribution in [0.25, 0.3) is 0 Å². The summed E-state index contributed by atoms with van der Waals surface area (Å²) in [4.78, 5) is 13.0. The molecule has 2 fully saturated rings. The van der Waals surface area contributed by atoms with Crippen molar-refractivity contribution in [2.24, 2.45) is 11.8 Å². The van der Waals surface area contributed by atoms with Gasteiger partial charge in [0.15, 0.2) is 23.0 Å². The second kappa shape index (κ2) is 9.27. The molecule has 2 aromatic rings. The summed E-state index contributed by atoms with van der Waals surface area (Å²) in [6, 6.07) is 7.20. The summed E-state index contributed by atoms with van der Waals surface area (Å²) in [5, 5.41) is 0. The van der Waals surface area contributed by atoms with E-state index in [1.165, 1.54) is 0 Å². The molecule has 4 rings (SSSR count). The van der Waals surface area contributed by atoms with Crippen LogP contribution in [0.2, 0.25) is 0 Å². The first-order valence-corrected chi connectivity index (χ1v) is 10.4. The number of esters is 1. The van der Waals surface area contributed by atoms with Gasteiger partial charge in [-0.3, -0.25) is 4.79 Å². The molecule has 9 nitrogen and oxygen atoms in total. The van der Waals surface area contributed by atoms with Crippen molar-refractivity contribution >= 4 is 5.97 Å². The van der Waals surface area contributed by atoms with Crippen LogP contribution in [0.4, 0.5) is 0 Å². The maximum Gasteiger partial charge on any atom is 0.313 e. The Bertz CT molecular complexity index is 923. The van der Waals surface area contributed by atoms with Crippen molar-refractivity contribution < 1.29 is 42.7 Å². The standard InChI is InChI=1S/C24H28O9/c1-26-15-7-12(8-16(27-2)22(15)30-5)20-14-11-32-21(19(14)24(25)33-20)13-9-17(28-3)23(31-6)18(10-13)29-4/h7-10,14,19-21H,11H2,1-6H3. The molecule has 2 saturated heterocycles. The summed E-state index contributed by atoms with van der Waals surface area (Å²) in [6.45, 7) is 0.346. The Labute approximate surface area is 192 Å². The Morgan fingerprint density at radius 1 is 0.667 bits per heavy atom. The van der Waals surface area contributed by atoms with Crippen LogP contribution in [0.5, 0.6) is 34.5 Å². The maximum absolute atomic E-state index is 13.0. The fourth-order valence-corrected chi connectivity index (χ4v) is 4.66. The molecular weight excluding hydrogens is 432 g/mol. The highest BCUT2D eigenvalue weighted by Crippen LogP contribution is 2.54. The molecule has 0 amide bonds. The van der Waals surface area contributed by atoms with Crippen molar-refractivity contribution in [1.82, 2.24) is 0 Å². The number of carbonyl (C=O) groups is 1. The van der Waals surface area contributed by atoms with Crippen molar-refractivity contribution in [2.75, 3.05) is 49.3 Å². The molecule has 4 unspecified atom stereocenters. The first-order valence-electron chi connectivity index (χ1n) is 10.4. The van der Waals surface area contributed by atoms with Crippen molar-refractivity contribution in [2.45, 2.75) is 12.2 Å². The summed E-state index contributed by atoms with van der Waals surface area (Å²) >= 11 is 0. The van der Waals surface area contributed by atoms with Crippen molar-refractivity contribution in [1.29, 1.82) is 0 Å². The summed E-state index contributed by atoms with van der Waals surface area (Å²) in [7, 11) is 9.26. The van der Waals surface area contributed by atoms with Crippen molar-refractivity contribution in [3.8, 4) is 34.5 Å². The van der Waals surface area contributed by atoms with Crippen LogP contribution in [-0.4, -0.2) is 55.2 Å². The number of fused-ring (bicyclic) bond motifs is 1. The van der Waals surface area contributed by atoms with E-state index in [1.807, 2.05) is 0 Å². The van der Waals surface area contributed by atoms with Gasteiger partial charge in [0, 0.05) is 11.5 Å². The van der Waals surface area contributed by atoms with E-state index in [4.69, 9.17) is 37.9 Å². The molecule has 33 heavy (non-hydrogen) atoms. The van der Waals surface area contributed by atoms with E-state index in [0.29, 0.717) is 41.1 Å². The van der Waals surface area contributed by atoms with Crippen LogP contribution in [0.15, 0.2) is 24.3 Å². The summed E-state index contributed by atoms with van der Waals surface area (Å²) in [5.74, 6) is 1.91. The second-order valence-corrected chi connectivity index (χ2v) is 7.72. The van der Waals surface area contributed by atoms with E-state index in [2.05, 4.69) is 0 Å². The SMILES string of the molecule is COc1cc(C2OC(=O)C3C(c4cc(OC)c(OC)c(OC)c4)OCC23)cc(OC)c1OC. The third-order valence-electron chi connectivity index (χ3n) is 6.19. The third-order valence-corrected chi connectivity index (χ3v) is 6.19. The molecule has 0 radical (unpaired) electrons. The van der Waals surface area contributed by atoms with Crippen LogP contribution in [0.1, 0.15) is 23.3 Å². The number of hydrogen-bond acceptors (Lipinski definition) is 9. The van der Waals surface area contributed by atoms with Crippen LogP contribution in [0.3, 0.4) is 0 Å². The van der Waals surface area contributed by atoms with Gasteiger partial charge in [0.2, 0.25) is 11.5 Å². The van der Waals surface area contributed by atoms with Gasteiger partial charge in [0.25, 0.3) is 0 Å². The van der Waals surface area contributed by atoms with E-state index in [9.17, 15) is 4.79 Å². The lowest BCUT2D eigenvalue weighted by atomic mass is 9.84. The van der Waals surface area contributed by atoms with Crippen molar-refractivity contribution in [3.05, 3.63) is 35.4 Å². The molecular formula is C24H28O9. The Morgan fingerprint density at radius 3 is 1.48 bits per heavy atom. The molecule has 0 saturated carbocycles. The van der Waals surface area contributed by atoms with Crippen LogP contribution >= 0.6 is 0 Å². The molecule has 9 heteroatoms. The topological polar surface area (TPSA) is 90.9 Å². The van der Waals surface area contributed by atoms with E-state index in [0.717, 1.165) is 11.1 Å². The number of benzene rings is 2. The fourth-order valence-electron chi connectivity index (χ4n) is 4.66. The van der Waals surface area contributed by atoms with E-state index in [-0.39, 0.29) is 11.9 Å². The van der Waals surface area contributed by atoms with E-state index in [1.54, 1.807) is 66.9 Å². The zero-order valence-corrected chi connectivity index (χ0v) is 19.5. The minimum atomic E-state index is -0.511. The lowest BCUT2D eigenvalue weighted by molar-refractivity contribution is -0.148. The van der Waals surface area contributed by atoms with Crippen molar-refractivity contribution in [3.63, 3.8) is 0 Å². The molecule has 4 atom stereocenters. The summed E-state index contributed by atoms with van der Waals surface area (Å²) in [6.07, 6.45) is -1.02.